The number of hydrogen-bond acceptors (Lipinski definition) is 4. The van der Waals surface area contributed by atoms with E-state index in [1.54, 1.807) is 24.3 Å². The summed E-state index contributed by atoms with van der Waals surface area (Å²) < 4.78 is 5.39. The highest BCUT2D eigenvalue weighted by atomic mass is 16.5. The first kappa shape index (κ1) is 19.1. The van der Waals surface area contributed by atoms with Gasteiger partial charge >= 0.3 is 0 Å². The first-order valence-corrected chi connectivity index (χ1v) is 9.18. The zero-order valence-corrected chi connectivity index (χ0v) is 15.6. The molecule has 6 heteroatoms. The molecule has 0 aliphatic carbocycles. The SMILES string of the molecule is CC(=O)Nc1ccc(C(=O)N(CCN2CCOCC2)c2ccccc2)cc1. The van der Waals surface area contributed by atoms with Gasteiger partial charge in [-0.2, -0.15) is 0 Å². The predicted molar refractivity (Wildman–Crippen MR) is 106 cm³/mol. The summed E-state index contributed by atoms with van der Waals surface area (Å²) in [5, 5.41) is 2.72. The molecule has 1 fully saturated rings. The molecule has 0 saturated carbocycles. The lowest BCUT2D eigenvalue weighted by molar-refractivity contribution is -0.114. The number of rotatable bonds is 6. The van der Waals surface area contributed by atoms with Crippen LogP contribution in [0.5, 0.6) is 0 Å². The van der Waals surface area contributed by atoms with Crippen molar-refractivity contribution >= 4 is 23.2 Å². The summed E-state index contributed by atoms with van der Waals surface area (Å²) in [5.74, 6) is -0.186. The Morgan fingerprint density at radius 2 is 1.70 bits per heavy atom. The fraction of sp³-hybridized carbons (Fsp3) is 0.333. The number of anilines is 2. The second-order valence-electron chi connectivity index (χ2n) is 6.50. The van der Waals surface area contributed by atoms with Gasteiger partial charge < -0.3 is 15.0 Å². The van der Waals surface area contributed by atoms with Gasteiger partial charge in [-0.05, 0) is 36.4 Å². The van der Waals surface area contributed by atoms with Gasteiger partial charge in [0.05, 0.1) is 13.2 Å². The molecule has 27 heavy (non-hydrogen) atoms. The monoisotopic (exact) mass is 367 g/mol. The molecule has 2 amide bonds. The molecule has 0 bridgehead atoms. The van der Waals surface area contributed by atoms with Gasteiger partial charge in [0.2, 0.25) is 5.91 Å². The molecular formula is C21H25N3O3. The molecule has 6 nitrogen and oxygen atoms in total. The average Bonchev–Trinajstić information content (AvgIpc) is 2.70. The molecule has 1 aliphatic rings. The number of amides is 2. The van der Waals surface area contributed by atoms with Gasteiger partial charge in [0, 0.05) is 50.0 Å². The van der Waals surface area contributed by atoms with Crippen LogP contribution in [0.15, 0.2) is 54.6 Å². The molecule has 1 aliphatic heterocycles. The molecule has 1 saturated heterocycles. The van der Waals surface area contributed by atoms with E-state index in [0.29, 0.717) is 17.8 Å². The minimum atomic E-state index is -0.134. The fourth-order valence-corrected chi connectivity index (χ4v) is 3.08. The molecule has 0 atom stereocenters. The van der Waals surface area contributed by atoms with Gasteiger partial charge in [0.1, 0.15) is 0 Å². The van der Waals surface area contributed by atoms with E-state index in [1.807, 2.05) is 35.2 Å². The van der Waals surface area contributed by atoms with Gasteiger partial charge in [0.15, 0.2) is 0 Å². The van der Waals surface area contributed by atoms with Gasteiger partial charge in [-0.15, -0.1) is 0 Å². The molecule has 2 aromatic carbocycles. The molecule has 3 rings (SSSR count). The Labute approximate surface area is 159 Å². The Hall–Kier alpha value is -2.70. The predicted octanol–water partition coefficient (Wildman–Crippen LogP) is 2.62. The van der Waals surface area contributed by atoms with Crippen molar-refractivity contribution < 1.29 is 14.3 Å². The van der Waals surface area contributed by atoms with Crippen LogP contribution in [-0.2, 0) is 9.53 Å². The van der Waals surface area contributed by atoms with Crippen LogP contribution in [-0.4, -0.2) is 56.1 Å². The van der Waals surface area contributed by atoms with Gasteiger partial charge in [-0.3, -0.25) is 14.5 Å². The highest BCUT2D eigenvalue weighted by molar-refractivity contribution is 6.06. The summed E-state index contributed by atoms with van der Waals surface area (Å²) in [5.41, 5.74) is 2.15. The molecule has 0 radical (unpaired) electrons. The summed E-state index contributed by atoms with van der Waals surface area (Å²) in [6.45, 7) is 6.13. The smallest absolute Gasteiger partial charge is 0.258 e. The minimum absolute atomic E-state index is 0.0520. The van der Waals surface area contributed by atoms with Crippen molar-refractivity contribution in [2.45, 2.75) is 6.92 Å². The molecule has 0 spiro atoms. The Kier molecular flexibility index (Phi) is 6.57. The van der Waals surface area contributed by atoms with Gasteiger partial charge in [0.25, 0.3) is 5.91 Å². The summed E-state index contributed by atoms with van der Waals surface area (Å²) in [4.78, 5) is 28.4. The van der Waals surface area contributed by atoms with E-state index in [2.05, 4.69) is 10.2 Å². The van der Waals surface area contributed by atoms with E-state index < -0.39 is 0 Å². The zero-order chi connectivity index (χ0) is 19.1. The number of para-hydroxylation sites is 1. The van der Waals surface area contributed by atoms with Crippen molar-refractivity contribution in [2.75, 3.05) is 49.6 Å². The third-order valence-corrected chi connectivity index (χ3v) is 4.51. The average molecular weight is 367 g/mol. The second-order valence-corrected chi connectivity index (χ2v) is 6.50. The van der Waals surface area contributed by atoms with Crippen LogP contribution in [0.3, 0.4) is 0 Å². The quantitative estimate of drug-likeness (QED) is 0.853. The molecule has 1 N–H and O–H groups in total. The van der Waals surface area contributed by atoms with Crippen LogP contribution in [0.4, 0.5) is 11.4 Å². The first-order valence-electron chi connectivity index (χ1n) is 9.18. The summed E-state index contributed by atoms with van der Waals surface area (Å²) in [6.07, 6.45) is 0. The van der Waals surface area contributed by atoms with Gasteiger partial charge in [-0.25, -0.2) is 0 Å². The van der Waals surface area contributed by atoms with Crippen LogP contribution in [0.2, 0.25) is 0 Å². The summed E-state index contributed by atoms with van der Waals surface area (Å²) in [6, 6.07) is 16.7. The number of benzene rings is 2. The molecule has 2 aromatic rings. The number of morpholine rings is 1. The lowest BCUT2D eigenvalue weighted by atomic mass is 10.1. The maximum atomic E-state index is 13.1. The third kappa shape index (κ3) is 5.39. The molecule has 1 heterocycles. The maximum absolute atomic E-state index is 13.1. The van der Waals surface area contributed by atoms with Crippen LogP contribution in [0, 0.1) is 0 Å². The molecular weight excluding hydrogens is 342 g/mol. The number of nitrogens with zero attached hydrogens (tertiary/aromatic N) is 2. The minimum Gasteiger partial charge on any atom is -0.379 e. The van der Waals surface area contributed by atoms with Crippen LogP contribution in [0.1, 0.15) is 17.3 Å². The first-order chi connectivity index (χ1) is 13.1. The van der Waals surface area contributed by atoms with Gasteiger partial charge in [-0.1, -0.05) is 18.2 Å². The van der Waals surface area contributed by atoms with Crippen LogP contribution in [0.25, 0.3) is 0 Å². The highest BCUT2D eigenvalue weighted by Gasteiger charge is 2.19. The number of nitrogens with one attached hydrogen (secondary N) is 1. The Balaban J connectivity index is 1.74. The summed E-state index contributed by atoms with van der Waals surface area (Å²) >= 11 is 0. The number of hydrogen-bond donors (Lipinski definition) is 1. The Morgan fingerprint density at radius 1 is 1.04 bits per heavy atom. The normalized spacial score (nSPS) is 14.6. The van der Waals surface area contributed by atoms with E-state index in [-0.39, 0.29) is 11.8 Å². The highest BCUT2D eigenvalue weighted by Crippen LogP contribution is 2.18. The molecule has 0 aromatic heterocycles. The standard InChI is InChI=1S/C21H25N3O3/c1-17(25)22-19-9-7-18(8-10-19)21(26)24(20-5-3-2-4-6-20)12-11-23-13-15-27-16-14-23/h2-10H,11-16H2,1H3,(H,22,25). The van der Waals surface area contributed by atoms with Crippen LogP contribution < -0.4 is 10.2 Å². The Morgan fingerprint density at radius 3 is 2.33 bits per heavy atom. The topological polar surface area (TPSA) is 61.9 Å². The fourth-order valence-electron chi connectivity index (χ4n) is 3.08. The zero-order valence-electron chi connectivity index (χ0n) is 15.6. The van der Waals surface area contributed by atoms with Crippen molar-refractivity contribution in [3.05, 3.63) is 60.2 Å². The number of carbonyl (C=O) groups is 2. The van der Waals surface area contributed by atoms with Crippen molar-refractivity contribution in [1.29, 1.82) is 0 Å². The number of ether oxygens (including phenoxy) is 1. The van der Waals surface area contributed by atoms with E-state index in [9.17, 15) is 9.59 Å². The van der Waals surface area contributed by atoms with Crippen molar-refractivity contribution in [3.63, 3.8) is 0 Å². The summed E-state index contributed by atoms with van der Waals surface area (Å²) in [7, 11) is 0. The Bertz CT molecular complexity index is 756. The second kappa shape index (κ2) is 9.30. The lowest BCUT2D eigenvalue weighted by Gasteiger charge is -2.30. The lowest BCUT2D eigenvalue weighted by Crippen LogP contribution is -2.43. The molecule has 0 unspecified atom stereocenters. The van der Waals surface area contributed by atoms with Crippen molar-refractivity contribution in [1.82, 2.24) is 4.90 Å². The number of carbonyl (C=O) groups excluding carboxylic acids is 2. The maximum Gasteiger partial charge on any atom is 0.258 e. The van der Waals surface area contributed by atoms with Crippen molar-refractivity contribution in [3.8, 4) is 0 Å². The van der Waals surface area contributed by atoms with Crippen LogP contribution >= 0.6 is 0 Å². The van der Waals surface area contributed by atoms with Crippen molar-refractivity contribution in [2.24, 2.45) is 0 Å². The van der Waals surface area contributed by atoms with E-state index in [1.165, 1.54) is 6.92 Å². The third-order valence-electron chi connectivity index (χ3n) is 4.51. The van der Waals surface area contributed by atoms with E-state index in [0.717, 1.165) is 38.5 Å². The van der Waals surface area contributed by atoms with E-state index in [4.69, 9.17) is 4.74 Å². The van der Waals surface area contributed by atoms with E-state index >= 15 is 0 Å². The largest absolute Gasteiger partial charge is 0.379 e. The molecule has 142 valence electrons.